The van der Waals surface area contributed by atoms with Crippen LogP contribution in [0.2, 0.25) is 0 Å². The standard InChI is InChI=1S/C59H95NO27/c1-53(2)31-7-11-56(5)32(8-12-59-33-15-54(3,23-63)13-14-58(33,24-80-59)34(65)16-57(56,59)6)55(31,4)10-9-35(53)85-51-47(77-21-29-39(69)42(72)46(28(19-62)81-29)86-50-45(75)41(71)38(68)27(18-61)83-50)40(70)30(22-79-51)84-52-48(43(73)37(67)26(82-52)17-60-76)87-49-44(74)36(66)25(64)20-78-49/h23,25-52,61-62,64-75H,7-22,24H2,1-6H3/t25?,26?,27?,28?,29?,30?,31?,32?,33?,34-,35+,36?,37?,38?,39?,40?,41?,42?,43?,44?,45?,46?,47?,48?,49?,50?,51?,52?,54+,55+,56-,57+,58?,59?/m1/s1. The van der Waals surface area contributed by atoms with Gasteiger partial charge in [0.1, 0.15) is 129 Å². The normalized spacial score (nSPS) is 56.5. The van der Waals surface area contributed by atoms with Gasteiger partial charge in [0.25, 0.3) is 0 Å². The number of fused-ring (bicyclic) bond motifs is 4. The summed E-state index contributed by atoms with van der Waals surface area (Å²) in [6.07, 6.45) is -31.5. The van der Waals surface area contributed by atoms with Gasteiger partial charge in [-0.25, -0.2) is 0 Å². The van der Waals surface area contributed by atoms with Crippen molar-refractivity contribution < 1.29 is 128 Å². The van der Waals surface area contributed by atoms with E-state index in [2.05, 4.69) is 39.8 Å². The van der Waals surface area contributed by atoms with Gasteiger partial charge in [-0.05, 0) is 98.2 Å². The molecule has 87 heavy (non-hydrogen) atoms. The topological polar surface area (TPSA) is 431 Å². The molecule has 2 bridgehead atoms. The van der Waals surface area contributed by atoms with Crippen molar-refractivity contribution in [2.45, 2.75) is 265 Å². The highest BCUT2D eigenvalue weighted by molar-refractivity contribution is 5.59. The number of carbonyl (C=O) groups is 1. The molecule has 0 aromatic heterocycles. The van der Waals surface area contributed by atoms with Crippen LogP contribution in [-0.4, -0.2) is 283 Å². The molecule has 11 fully saturated rings. The molecule has 11 aliphatic rings. The molecule has 5 saturated carbocycles. The summed E-state index contributed by atoms with van der Waals surface area (Å²) in [5.41, 5.74) is -2.83. The van der Waals surface area contributed by atoms with Crippen LogP contribution in [-0.2, 0) is 56.9 Å². The van der Waals surface area contributed by atoms with Crippen molar-refractivity contribution in [2.24, 2.45) is 55.4 Å². The van der Waals surface area contributed by atoms with Crippen LogP contribution in [0.15, 0.2) is 5.18 Å². The number of hydrogen-bond donors (Lipinski definition) is 14. The van der Waals surface area contributed by atoms with Crippen molar-refractivity contribution in [2.75, 3.05) is 46.2 Å². The summed E-state index contributed by atoms with van der Waals surface area (Å²) >= 11 is 0. The number of aliphatic hydroxyl groups is 14. The number of ether oxygens (including phenoxy) is 11. The van der Waals surface area contributed by atoms with E-state index in [9.17, 15) is 81.2 Å². The number of aldehydes is 1. The van der Waals surface area contributed by atoms with E-state index in [1.807, 2.05) is 6.92 Å². The number of hydrogen-bond acceptors (Lipinski definition) is 28. The van der Waals surface area contributed by atoms with Crippen molar-refractivity contribution in [3.8, 4) is 0 Å². The average molecular weight is 1250 g/mol. The maximum Gasteiger partial charge on any atom is 0.187 e. The molecule has 498 valence electrons. The van der Waals surface area contributed by atoms with E-state index in [0.717, 1.165) is 51.2 Å². The van der Waals surface area contributed by atoms with E-state index < -0.39 is 215 Å². The Hall–Kier alpha value is -1.73. The van der Waals surface area contributed by atoms with Crippen molar-refractivity contribution >= 4 is 6.29 Å². The van der Waals surface area contributed by atoms with E-state index in [1.165, 1.54) is 0 Å². The van der Waals surface area contributed by atoms with Gasteiger partial charge in [0, 0.05) is 16.2 Å². The summed E-state index contributed by atoms with van der Waals surface area (Å²) in [6, 6.07) is 0. The van der Waals surface area contributed by atoms with E-state index >= 15 is 0 Å². The summed E-state index contributed by atoms with van der Waals surface area (Å²) < 4.78 is 68.1. The first-order chi connectivity index (χ1) is 41.0. The number of rotatable bonds is 16. The number of nitroso groups, excluding NO2 is 1. The minimum atomic E-state index is -1.93. The first-order valence-electron chi connectivity index (χ1n) is 31.2. The van der Waals surface area contributed by atoms with E-state index in [0.29, 0.717) is 25.9 Å². The van der Waals surface area contributed by atoms with Crippen LogP contribution in [0.3, 0.4) is 0 Å². The van der Waals surface area contributed by atoms with Crippen LogP contribution in [0, 0.1) is 55.2 Å². The van der Waals surface area contributed by atoms with Crippen LogP contribution in [0.25, 0.3) is 0 Å². The lowest BCUT2D eigenvalue weighted by atomic mass is 9.30. The average Bonchev–Trinajstić information content (AvgIpc) is 1.62. The molecule has 28 nitrogen and oxygen atoms in total. The third kappa shape index (κ3) is 10.7. The Labute approximate surface area is 504 Å². The molecule has 0 aromatic rings. The zero-order valence-corrected chi connectivity index (χ0v) is 50.3. The number of aliphatic hydroxyl groups excluding tert-OH is 14. The second-order valence-electron chi connectivity index (χ2n) is 29.1. The third-order valence-electron chi connectivity index (χ3n) is 24.4. The summed E-state index contributed by atoms with van der Waals surface area (Å²) in [5.74, 6) is 0.343. The van der Waals surface area contributed by atoms with Gasteiger partial charge in [-0.15, -0.1) is 0 Å². The molecule has 5 aliphatic carbocycles. The monoisotopic (exact) mass is 1250 g/mol. The van der Waals surface area contributed by atoms with Gasteiger partial charge in [0.05, 0.1) is 57.5 Å². The molecular formula is C59H95NO27. The minimum Gasteiger partial charge on any atom is -0.394 e. The third-order valence-corrected chi connectivity index (χ3v) is 24.4. The Bertz CT molecular complexity index is 2420. The molecule has 6 heterocycles. The Morgan fingerprint density at radius 2 is 1.18 bits per heavy atom. The van der Waals surface area contributed by atoms with Gasteiger partial charge in [0.15, 0.2) is 25.2 Å². The second-order valence-corrected chi connectivity index (χ2v) is 29.1. The first kappa shape index (κ1) is 66.7. The van der Waals surface area contributed by atoms with Gasteiger partial charge in [0.2, 0.25) is 0 Å². The summed E-state index contributed by atoms with van der Waals surface area (Å²) in [4.78, 5) is 24.2. The number of carbonyl (C=O) groups excluding carboxylic acids is 1. The predicted octanol–water partition coefficient (Wildman–Crippen LogP) is -3.25. The van der Waals surface area contributed by atoms with Gasteiger partial charge >= 0.3 is 0 Å². The SMILES string of the molecule is CC1(C)C2CC[C@]3(C)C(CCC45OCC6(CC[C@](C)(C=O)CC64)[C@H](O)C[C@]53C)[C@@]2(C)CC[C@@H]1OC1OCC(OC2OC(CN=O)C(O)C(O)C2OC2OCC(O)C(O)C2O)C(O)C1OCC1OC(CO)C(OC2OC(CO)C(O)C(O)C2O)C(O)C1O. The molecule has 0 amide bonds. The Balaban J connectivity index is 0.843. The lowest BCUT2D eigenvalue weighted by molar-refractivity contribution is -0.378. The number of nitrogens with zero attached hydrogens (tertiary/aromatic N) is 1. The van der Waals surface area contributed by atoms with Gasteiger partial charge < -0.3 is 128 Å². The fraction of sp³-hybridized carbons (Fsp3) is 0.983. The predicted molar refractivity (Wildman–Crippen MR) is 292 cm³/mol. The van der Waals surface area contributed by atoms with Crippen molar-refractivity contribution in [1.82, 2.24) is 0 Å². The largest absolute Gasteiger partial charge is 0.394 e. The molecule has 0 radical (unpaired) electrons. The minimum absolute atomic E-state index is 0.0415. The Kier molecular flexibility index (Phi) is 18.8. The quantitative estimate of drug-likeness (QED) is 0.0410. The lowest BCUT2D eigenvalue weighted by Crippen LogP contribution is -2.74. The van der Waals surface area contributed by atoms with Crippen LogP contribution in [0.4, 0.5) is 0 Å². The molecule has 34 atom stereocenters. The molecule has 6 aliphatic heterocycles. The summed E-state index contributed by atoms with van der Waals surface area (Å²) in [6.45, 7) is 10.1. The van der Waals surface area contributed by atoms with Crippen LogP contribution >= 0.6 is 0 Å². The summed E-state index contributed by atoms with van der Waals surface area (Å²) in [5, 5.41) is 157. The maximum absolute atomic E-state index is 12.6. The molecule has 11 rings (SSSR count). The molecule has 14 N–H and O–H groups in total. The van der Waals surface area contributed by atoms with E-state index in [-0.39, 0.29) is 34.0 Å². The fourth-order valence-corrected chi connectivity index (χ4v) is 19.2. The highest BCUT2D eigenvalue weighted by Crippen LogP contribution is 2.80. The molecule has 28 heteroatoms. The summed E-state index contributed by atoms with van der Waals surface area (Å²) in [7, 11) is 0. The van der Waals surface area contributed by atoms with Gasteiger partial charge in [-0.2, -0.15) is 4.91 Å². The second kappa shape index (κ2) is 24.6. The van der Waals surface area contributed by atoms with Crippen LogP contribution in [0.1, 0.15) is 106 Å². The smallest absolute Gasteiger partial charge is 0.187 e. The van der Waals surface area contributed by atoms with Crippen LogP contribution in [0.5, 0.6) is 0 Å². The molecular weight excluding hydrogens is 1150 g/mol. The Morgan fingerprint density at radius 3 is 1.89 bits per heavy atom. The Morgan fingerprint density at radius 1 is 0.540 bits per heavy atom. The zero-order chi connectivity index (χ0) is 62.9. The molecule has 1 spiro atoms. The molecule has 6 saturated heterocycles. The van der Waals surface area contributed by atoms with Gasteiger partial charge in [-0.1, -0.05) is 46.7 Å². The molecule has 0 aromatic carbocycles. The highest BCUT2D eigenvalue weighted by atomic mass is 16.8. The van der Waals surface area contributed by atoms with Crippen molar-refractivity contribution in [3.63, 3.8) is 0 Å². The fourth-order valence-electron chi connectivity index (χ4n) is 19.2. The lowest BCUT2D eigenvalue weighted by Gasteiger charge is -2.75. The molecule has 28 unspecified atom stereocenters. The zero-order valence-electron chi connectivity index (χ0n) is 50.3. The highest BCUT2D eigenvalue weighted by Gasteiger charge is 2.80. The van der Waals surface area contributed by atoms with Crippen LogP contribution < -0.4 is 0 Å². The van der Waals surface area contributed by atoms with Gasteiger partial charge in [-0.3, -0.25) is 0 Å². The van der Waals surface area contributed by atoms with E-state index in [4.69, 9.17) is 52.1 Å². The first-order valence-corrected chi connectivity index (χ1v) is 31.2. The van der Waals surface area contributed by atoms with E-state index in [1.54, 1.807) is 0 Å². The van der Waals surface area contributed by atoms with Crippen molar-refractivity contribution in [1.29, 1.82) is 0 Å². The maximum atomic E-state index is 12.6. The van der Waals surface area contributed by atoms with Crippen molar-refractivity contribution in [3.05, 3.63) is 4.91 Å².